The van der Waals surface area contributed by atoms with Crippen molar-refractivity contribution in [3.8, 4) is 11.5 Å². The highest BCUT2D eigenvalue weighted by atomic mass is 35.5. The number of nitrogens with zero attached hydrogens (tertiary/aromatic N) is 1. The van der Waals surface area contributed by atoms with E-state index in [1.807, 2.05) is 30.8 Å². The molecular weight excluding hydrogens is 358 g/mol. The second-order valence-corrected chi connectivity index (χ2v) is 7.53. The number of ether oxygens (including phenoxy) is 2. The zero-order chi connectivity index (χ0) is 18.2. The SMILES string of the molecule is CCOc1c(Cl)cc(CNC(=NC)NC2CCC(SC)C2)cc1OC. The van der Waals surface area contributed by atoms with Gasteiger partial charge in [0.15, 0.2) is 17.5 Å². The molecule has 140 valence electrons. The molecule has 0 saturated heterocycles. The number of hydrogen-bond donors (Lipinski definition) is 2. The number of hydrogen-bond acceptors (Lipinski definition) is 4. The van der Waals surface area contributed by atoms with Gasteiger partial charge in [-0.3, -0.25) is 4.99 Å². The number of nitrogens with one attached hydrogen (secondary N) is 2. The highest BCUT2D eigenvalue weighted by Gasteiger charge is 2.24. The monoisotopic (exact) mass is 385 g/mol. The summed E-state index contributed by atoms with van der Waals surface area (Å²) in [5.74, 6) is 2.05. The van der Waals surface area contributed by atoms with Crippen molar-refractivity contribution in [1.82, 2.24) is 10.6 Å². The van der Waals surface area contributed by atoms with Crippen LogP contribution in [0.3, 0.4) is 0 Å². The van der Waals surface area contributed by atoms with Crippen molar-refractivity contribution in [1.29, 1.82) is 0 Å². The third kappa shape index (κ3) is 5.61. The van der Waals surface area contributed by atoms with Gasteiger partial charge in [0.1, 0.15) is 0 Å². The van der Waals surface area contributed by atoms with Gasteiger partial charge < -0.3 is 20.1 Å². The van der Waals surface area contributed by atoms with Crippen molar-refractivity contribution < 1.29 is 9.47 Å². The van der Waals surface area contributed by atoms with Gasteiger partial charge in [0.05, 0.1) is 18.7 Å². The van der Waals surface area contributed by atoms with E-state index in [0.29, 0.717) is 35.7 Å². The topological polar surface area (TPSA) is 54.9 Å². The number of guanidine groups is 1. The Morgan fingerprint density at radius 3 is 2.80 bits per heavy atom. The van der Waals surface area contributed by atoms with Gasteiger partial charge in [0.2, 0.25) is 0 Å². The fourth-order valence-electron chi connectivity index (χ4n) is 3.02. The Morgan fingerprint density at radius 2 is 2.20 bits per heavy atom. The van der Waals surface area contributed by atoms with Crippen LogP contribution in [-0.4, -0.2) is 44.3 Å². The van der Waals surface area contributed by atoms with E-state index in [4.69, 9.17) is 21.1 Å². The van der Waals surface area contributed by atoms with E-state index < -0.39 is 0 Å². The molecule has 5 nitrogen and oxygen atoms in total. The van der Waals surface area contributed by atoms with Crippen LogP contribution >= 0.6 is 23.4 Å². The maximum absolute atomic E-state index is 6.33. The van der Waals surface area contributed by atoms with Crippen molar-refractivity contribution in [2.45, 2.75) is 44.0 Å². The van der Waals surface area contributed by atoms with Crippen LogP contribution in [0.25, 0.3) is 0 Å². The first kappa shape index (κ1) is 20.0. The number of benzene rings is 1. The molecular formula is C18H28ClN3O2S. The third-order valence-corrected chi connectivity index (χ3v) is 5.70. The Labute approximate surface area is 159 Å². The van der Waals surface area contributed by atoms with Crippen molar-refractivity contribution in [3.63, 3.8) is 0 Å². The predicted molar refractivity (Wildman–Crippen MR) is 107 cm³/mol. The van der Waals surface area contributed by atoms with Crippen LogP contribution in [0.2, 0.25) is 5.02 Å². The summed E-state index contributed by atoms with van der Waals surface area (Å²) in [4.78, 5) is 4.33. The third-order valence-electron chi connectivity index (χ3n) is 4.32. The van der Waals surface area contributed by atoms with Crippen molar-refractivity contribution in [2.24, 2.45) is 4.99 Å². The fourth-order valence-corrected chi connectivity index (χ4v) is 4.10. The molecule has 2 unspecified atom stereocenters. The Morgan fingerprint density at radius 1 is 1.40 bits per heavy atom. The molecule has 7 heteroatoms. The highest BCUT2D eigenvalue weighted by molar-refractivity contribution is 7.99. The second kappa shape index (κ2) is 10.0. The standard InChI is InChI=1S/C18H28ClN3O2S/c1-5-24-17-15(19)8-12(9-16(17)23-3)11-21-18(20-2)22-13-6-7-14(10-13)25-4/h8-9,13-14H,5-7,10-11H2,1-4H3,(H2,20,21,22). The molecule has 2 rings (SSSR count). The van der Waals surface area contributed by atoms with Gasteiger partial charge in [-0.05, 0) is 50.1 Å². The lowest BCUT2D eigenvalue weighted by molar-refractivity contribution is 0.311. The van der Waals surface area contributed by atoms with Gasteiger partial charge in [-0.1, -0.05) is 11.6 Å². The van der Waals surface area contributed by atoms with Crippen LogP contribution in [0.15, 0.2) is 17.1 Å². The molecule has 1 fully saturated rings. The lowest BCUT2D eigenvalue weighted by Crippen LogP contribution is -2.42. The van der Waals surface area contributed by atoms with E-state index in [1.54, 1.807) is 14.2 Å². The van der Waals surface area contributed by atoms with Crippen LogP contribution in [0, 0.1) is 0 Å². The molecule has 2 atom stereocenters. The Bertz CT molecular complexity index is 598. The minimum Gasteiger partial charge on any atom is -0.493 e. The molecule has 1 aliphatic carbocycles. The zero-order valence-corrected chi connectivity index (χ0v) is 17.0. The van der Waals surface area contributed by atoms with E-state index in [1.165, 1.54) is 19.3 Å². The number of halogens is 1. The maximum Gasteiger partial charge on any atom is 0.191 e. The number of thioether (sulfide) groups is 1. The molecule has 2 N–H and O–H groups in total. The summed E-state index contributed by atoms with van der Waals surface area (Å²) in [6.45, 7) is 3.08. The molecule has 1 aromatic rings. The Balaban J connectivity index is 1.96. The molecule has 0 radical (unpaired) electrons. The molecule has 1 aromatic carbocycles. The normalized spacial score (nSPS) is 20.4. The van der Waals surface area contributed by atoms with Crippen LogP contribution in [-0.2, 0) is 6.54 Å². The molecule has 0 heterocycles. The number of rotatable bonds is 7. The van der Waals surface area contributed by atoms with Gasteiger partial charge in [0.25, 0.3) is 0 Å². The first-order chi connectivity index (χ1) is 12.1. The van der Waals surface area contributed by atoms with E-state index >= 15 is 0 Å². The Hall–Kier alpha value is -1.27. The van der Waals surface area contributed by atoms with E-state index in [-0.39, 0.29) is 0 Å². The summed E-state index contributed by atoms with van der Waals surface area (Å²) in [5, 5.41) is 8.17. The smallest absolute Gasteiger partial charge is 0.191 e. The van der Waals surface area contributed by atoms with Crippen LogP contribution in [0.4, 0.5) is 0 Å². The zero-order valence-electron chi connectivity index (χ0n) is 15.4. The molecule has 0 aromatic heterocycles. The number of methoxy groups -OCH3 is 1. The quantitative estimate of drug-likeness (QED) is 0.553. The number of aliphatic imine (C=N–C) groups is 1. The average molecular weight is 386 g/mol. The highest BCUT2D eigenvalue weighted by Crippen LogP contribution is 2.36. The van der Waals surface area contributed by atoms with Gasteiger partial charge in [-0.15, -0.1) is 0 Å². The summed E-state index contributed by atoms with van der Waals surface area (Å²) >= 11 is 8.28. The first-order valence-electron chi connectivity index (χ1n) is 8.60. The van der Waals surface area contributed by atoms with Crippen molar-refractivity contribution >= 4 is 29.3 Å². The maximum atomic E-state index is 6.33. The molecule has 25 heavy (non-hydrogen) atoms. The van der Waals surface area contributed by atoms with Gasteiger partial charge in [-0.25, -0.2) is 0 Å². The fraction of sp³-hybridized carbons (Fsp3) is 0.611. The van der Waals surface area contributed by atoms with Crippen LogP contribution in [0.5, 0.6) is 11.5 Å². The van der Waals surface area contributed by atoms with Crippen LogP contribution < -0.4 is 20.1 Å². The van der Waals surface area contributed by atoms with Gasteiger partial charge in [0, 0.05) is 24.9 Å². The molecule has 0 bridgehead atoms. The summed E-state index contributed by atoms with van der Waals surface area (Å²) in [5.41, 5.74) is 1.02. The lowest BCUT2D eigenvalue weighted by Gasteiger charge is -2.18. The van der Waals surface area contributed by atoms with Crippen molar-refractivity contribution in [2.75, 3.05) is 27.0 Å². The molecule has 0 aliphatic heterocycles. The lowest BCUT2D eigenvalue weighted by atomic mass is 10.2. The van der Waals surface area contributed by atoms with E-state index in [9.17, 15) is 0 Å². The summed E-state index contributed by atoms with van der Waals surface area (Å²) in [6, 6.07) is 4.33. The summed E-state index contributed by atoms with van der Waals surface area (Å²) in [7, 11) is 3.41. The molecule has 1 aliphatic rings. The van der Waals surface area contributed by atoms with Gasteiger partial charge in [-0.2, -0.15) is 11.8 Å². The first-order valence-corrected chi connectivity index (χ1v) is 10.3. The van der Waals surface area contributed by atoms with E-state index in [0.717, 1.165) is 16.8 Å². The molecule has 0 spiro atoms. The minimum atomic E-state index is 0.488. The van der Waals surface area contributed by atoms with Gasteiger partial charge >= 0.3 is 0 Å². The minimum absolute atomic E-state index is 0.488. The molecule has 0 amide bonds. The summed E-state index contributed by atoms with van der Waals surface area (Å²) in [6.07, 6.45) is 5.82. The second-order valence-electron chi connectivity index (χ2n) is 5.98. The van der Waals surface area contributed by atoms with Crippen molar-refractivity contribution in [3.05, 3.63) is 22.7 Å². The van der Waals surface area contributed by atoms with Crippen LogP contribution in [0.1, 0.15) is 31.7 Å². The predicted octanol–water partition coefficient (Wildman–Crippen LogP) is 3.70. The van der Waals surface area contributed by atoms with E-state index in [2.05, 4.69) is 21.9 Å². The Kier molecular flexibility index (Phi) is 8.03. The summed E-state index contributed by atoms with van der Waals surface area (Å²) < 4.78 is 11.0. The molecule has 1 saturated carbocycles. The largest absolute Gasteiger partial charge is 0.493 e. The average Bonchev–Trinajstić information content (AvgIpc) is 3.08.